The minimum Gasteiger partial charge on any atom is -0.495 e. The molecule has 0 saturated carbocycles. The van der Waals surface area contributed by atoms with Gasteiger partial charge in [-0.15, -0.1) is 0 Å². The van der Waals surface area contributed by atoms with Crippen molar-refractivity contribution >= 4 is 23.3 Å². The van der Waals surface area contributed by atoms with Crippen LogP contribution in [-0.2, 0) is 4.79 Å². The van der Waals surface area contributed by atoms with Crippen molar-refractivity contribution in [3.63, 3.8) is 0 Å². The van der Waals surface area contributed by atoms with E-state index < -0.39 is 17.8 Å². The van der Waals surface area contributed by atoms with Gasteiger partial charge < -0.3 is 20.7 Å². The Morgan fingerprint density at radius 3 is 2.46 bits per heavy atom. The summed E-state index contributed by atoms with van der Waals surface area (Å²) in [6.07, 6.45) is 0. The lowest BCUT2D eigenvalue weighted by atomic mass is 10.2. The average Bonchev–Trinajstić information content (AvgIpc) is 2.56. The highest BCUT2D eigenvalue weighted by molar-refractivity contribution is 5.97. The van der Waals surface area contributed by atoms with E-state index in [2.05, 4.69) is 16.0 Å². The van der Waals surface area contributed by atoms with Gasteiger partial charge in [0.15, 0.2) is 0 Å². The SMILES string of the molecule is COc1cc(C)ccc1NC(=O)NCC(=O)Nc1ccc(F)cc1. The number of carbonyl (C=O) groups is 2. The maximum absolute atomic E-state index is 12.8. The van der Waals surface area contributed by atoms with E-state index in [1.54, 1.807) is 12.1 Å². The van der Waals surface area contributed by atoms with Crippen molar-refractivity contribution in [1.82, 2.24) is 5.32 Å². The molecule has 24 heavy (non-hydrogen) atoms. The summed E-state index contributed by atoms with van der Waals surface area (Å²) in [4.78, 5) is 23.6. The Morgan fingerprint density at radius 2 is 1.79 bits per heavy atom. The Balaban J connectivity index is 1.84. The minimum atomic E-state index is -0.536. The fourth-order valence-corrected chi connectivity index (χ4v) is 1.97. The standard InChI is InChI=1S/C17H18FN3O3/c1-11-3-8-14(15(9-11)24-2)21-17(23)19-10-16(22)20-13-6-4-12(18)5-7-13/h3-9H,10H2,1-2H3,(H,20,22)(H2,19,21,23). The van der Waals surface area contributed by atoms with Crippen LogP contribution < -0.4 is 20.7 Å². The number of nitrogens with one attached hydrogen (secondary N) is 3. The Hall–Kier alpha value is -3.09. The first-order chi connectivity index (χ1) is 11.5. The zero-order valence-electron chi connectivity index (χ0n) is 13.4. The topological polar surface area (TPSA) is 79.5 Å². The number of amides is 3. The van der Waals surface area contributed by atoms with Gasteiger partial charge in [0.05, 0.1) is 19.3 Å². The Morgan fingerprint density at radius 1 is 1.08 bits per heavy atom. The molecule has 6 nitrogen and oxygen atoms in total. The summed E-state index contributed by atoms with van der Waals surface area (Å²) in [7, 11) is 1.51. The molecule has 0 spiro atoms. The number of halogens is 1. The Labute approximate surface area is 139 Å². The maximum atomic E-state index is 12.8. The predicted octanol–water partition coefficient (Wildman–Crippen LogP) is 2.90. The second-order valence-electron chi connectivity index (χ2n) is 5.07. The third kappa shape index (κ3) is 4.98. The van der Waals surface area contributed by atoms with Gasteiger partial charge >= 0.3 is 6.03 Å². The molecule has 0 atom stereocenters. The molecule has 0 radical (unpaired) electrons. The van der Waals surface area contributed by atoms with Crippen molar-refractivity contribution in [2.45, 2.75) is 6.92 Å². The van der Waals surface area contributed by atoms with Crippen molar-refractivity contribution in [1.29, 1.82) is 0 Å². The number of hydrogen-bond donors (Lipinski definition) is 3. The molecule has 0 fully saturated rings. The van der Waals surface area contributed by atoms with Gasteiger partial charge in [-0.3, -0.25) is 4.79 Å². The van der Waals surface area contributed by atoms with Gasteiger partial charge in [-0.2, -0.15) is 0 Å². The van der Waals surface area contributed by atoms with E-state index in [1.807, 2.05) is 13.0 Å². The zero-order valence-corrected chi connectivity index (χ0v) is 13.4. The maximum Gasteiger partial charge on any atom is 0.319 e. The second kappa shape index (κ2) is 7.96. The summed E-state index contributed by atoms with van der Waals surface area (Å²) >= 11 is 0. The molecule has 3 amide bonds. The zero-order chi connectivity index (χ0) is 17.5. The highest BCUT2D eigenvalue weighted by Crippen LogP contribution is 2.24. The molecule has 2 aromatic rings. The molecule has 0 aromatic heterocycles. The molecule has 2 rings (SSSR count). The van der Waals surface area contributed by atoms with Crippen LogP contribution in [0.25, 0.3) is 0 Å². The molecule has 0 aliphatic heterocycles. The fraction of sp³-hybridized carbons (Fsp3) is 0.176. The molecule has 0 heterocycles. The Bertz CT molecular complexity index is 732. The van der Waals surface area contributed by atoms with Gasteiger partial charge in [-0.25, -0.2) is 9.18 Å². The van der Waals surface area contributed by atoms with Crippen molar-refractivity contribution in [2.24, 2.45) is 0 Å². The van der Waals surface area contributed by atoms with Crippen LogP contribution in [-0.4, -0.2) is 25.6 Å². The normalized spacial score (nSPS) is 9.96. The van der Waals surface area contributed by atoms with Crippen molar-refractivity contribution < 1.29 is 18.7 Å². The lowest BCUT2D eigenvalue weighted by Gasteiger charge is -2.12. The van der Waals surface area contributed by atoms with Crippen LogP contribution in [0.15, 0.2) is 42.5 Å². The summed E-state index contributed by atoms with van der Waals surface area (Å²) in [5, 5.41) is 7.59. The van der Waals surface area contributed by atoms with E-state index in [0.29, 0.717) is 17.1 Å². The quantitative estimate of drug-likeness (QED) is 0.788. The smallest absolute Gasteiger partial charge is 0.319 e. The predicted molar refractivity (Wildman–Crippen MR) is 89.8 cm³/mol. The average molecular weight is 331 g/mol. The highest BCUT2D eigenvalue weighted by Gasteiger charge is 2.09. The lowest BCUT2D eigenvalue weighted by molar-refractivity contribution is -0.115. The van der Waals surface area contributed by atoms with E-state index >= 15 is 0 Å². The molecule has 2 aromatic carbocycles. The van der Waals surface area contributed by atoms with Crippen LogP contribution in [0.4, 0.5) is 20.6 Å². The summed E-state index contributed by atoms with van der Waals surface area (Å²) in [5.74, 6) is -0.286. The van der Waals surface area contributed by atoms with Gasteiger partial charge in [0.1, 0.15) is 11.6 Å². The summed E-state index contributed by atoms with van der Waals surface area (Å²) in [6.45, 7) is 1.68. The number of anilines is 2. The first-order valence-corrected chi connectivity index (χ1v) is 7.23. The highest BCUT2D eigenvalue weighted by atomic mass is 19.1. The number of urea groups is 1. The van der Waals surface area contributed by atoms with Crippen molar-refractivity contribution in [2.75, 3.05) is 24.3 Å². The largest absolute Gasteiger partial charge is 0.495 e. The van der Waals surface area contributed by atoms with Crippen LogP contribution in [0.5, 0.6) is 5.75 Å². The molecule has 0 saturated heterocycles. The summed E-state index contributed by atoms with van der Waals surface area (Å²) in [6, 6.07) is 10.1. The van der Waals surface area contributed by atoms with Crippen LogP contribution in [0, 0.1) is 12.7 Å². The molecule has 0 aliphatic rings. The third-order valence-corrected chi connectivity index (χ3v) is 3.14. The van der Waals surface area contributed by atoms with Crippen molar-refractivity contribution in [3.05, 3.63) is 53.8 Å². The van der Waals surface area contributed by atoms with E-state index in [4.69, 9.17) is 4.74 Å². The molecule has 7 heteroatoms. The van der Waals surface area contributed by atoms with E-state index in [0.717, 1.165) is 5.56 Å². The van der Waals surface area contributed by atoms with E-state index in [9.17, 15) is 14.0 Å². The molecule has 3 N–H and O–H groups in total. The first-order valence-electron chi connectivity index (χ1n) is 7.23. The number of hydrogen-bond acceptors (Lipinski definition) is 3. The van der Waals surface area contributed by atoms with Crippen LogP contribution in [0.2, 0.25) is 0 Å². The number of ether oxygens (including phenoxy) is 1. The summed E-state index contributed by atoms with van der Waals surface area (Å²) < 4.78 is 18.0. The Kier molecular flexibility index (Phi) is 5.73. The second-order valence-corrected chi connectivity index (χ2v) is 5.07. The van der Waals surface area contributed by atoms with Gasteiger partial charge in [0.2, 0.25) is 5.91 Å². The number of methoxy groups -OCH3 is 1. The molecule has 0 unspecified atom stereocenters. The minimum absolute atomic E-state index is 0.225. The molecular weight excluding hydrogens is 313 g/mol. The van der Waals surface area contributed by atoms with E-state index in [-0.39, 0.29) is 6.54 Å². The molecule has 0 bridgehead atoms. The van der Waals surface area contributed by atoms with E-state index in [1.165, 1.54) is 31.4 Å². The van der Waals surface area contributed by atoms with Gasteiger partial charge in [0, 0.05) is 5.69 Å². The molecular formula is C17H18FN3O3. The number of benzene rings is 2. The van der Waals surface area contributed by atoms with Crippen molar-refractivity contribution in [3.8, 4) is 5.75 Å². The summed E-state index contributed by atoms with van der Waals surface area (Å²) in [5.41, 5.74) is 1.94. The van der Waals surface area contributed by atoms with Gasteiger partial charge in [0.25, 0.3) is 0 Å². The number of rotatable bonds is 5. The van der Waals surface area contributed by atoms with Crippen LogP contribution in [0.3, 0.4) is 0 Å². The first kappa shape index (κ1) is 17.3. The van der Waals surface area contributed by atoms with Crippen LogP contribution >= 0.6 is 0 Å². The van der Waals surface area contributed by atoms with Gasteiger partial charge in [-0.1, -0.05) is 6.07 Å². The van der Waals surface area contributed by atoms with Crippen LogP contribution in [0.1, 0.15) is 5.56 Å². The number of carbonyl (C=O) groups excluding carboxylic acids is 2. The third-order valence-electron chi connectivity index (χ3n) is 3.14. The number of aryl methyl sites for hydroxylation is 1. The van der Waals surface area contributed by atoms with Gasteiger partial charge in [-0.05, 0) is 48.9 Å². The lowest BCUT2D eigenvalue weighted by Crippen LogP contribution is -2.35. The fourth-order valence-electron chi connectivity index (χ4n) is 1.97. The monoisotopic (exact) mass is 331 g/mol. The molecule has 0 aliphatic carbocycles. The molecule has 126 valence electrons.